The molecule has 1 aliphatic rings. The van der Waals surface area contributed by atoms with E-state index in [1.54, 1.807) is 17.1 Å². The lowest BCUT2D eigenvalue weighted by Crippen LogP contribution is -2.44. The van der Waals surface area contributed by atoms with Gasteiger partial charge < -0.3 is 10.0 Å². The van der Waals surface area contributed by atoms with E-state index in [1.165, 1.54) is 0 Å². The Labute approximate surface area is 120 Å². The van der Waals surface area contributed by atoms with E-state index in [9.17, 15) is 9.59 Å². The maximum Gasteiger partial charge on any atom is 0.303 e. The van der Waals surface area contributed by atoms with Gasteiger partial charge in [0.05, 0.1) is 6.54 Å². The van der Waals surface area contributed by atoms with E-state index in [2.05, 4.69) is 18.1 Å². The van der Waals surface area contributed by atoms with Crippen molar-refractivity contribution < 1.29 is 14.7 Å². The predicted octanol–water partition coefficient (Wildman–Crippen LogP) is 1.37. The zero-order valence-corrected chi connectivity index (χ0v) is 12.0. The molecule has 0 aromatic heterocycles. The van der Waals surface area contributed by atoms with Crippen molar-refractivity contribution in [1.29, 1.82) is 0 Å². The average Bonchev–Trinajstić information content (AvgIpc) is 2.38. The Morgan fingerprint density at radius 2 is 1.95 bits per heavy atom. The van der Waals surface area contributed by atoms with E-state index in [-0.39, 0.29) is 18.2 Å². The van der Waals surface area contributed by atoms with Gasteiger partial charge in [0.1, 0.15) is 0 Å². The lowest BCUT2D eigenvalue weighted by molar-refractivity contribution is -0.138. The summed E-state index contributed by atoms with van der Waals surface area (Å²) in [6, 6.07) is 0. The number of carboxylic acid groups (broad SMARTS) is 1. The summed E-state index contributed by atoms with van der Waals surface area (Å²) in [6.45, 7) is 10.2. The molecule has 0 bridgehead atoms. The first-order chi connectivity index (χ1) is 9.56. The van der Waals surface area contributed by atoms with Gasteiger partial charge in [0, 0.05) is 26.1 Å². The summed E-state index contributed by atoms with van der Waals surface area (Å²) in [6.07, 6.45) is 5.47. The van der Waals surface area contributed by atoms with E-state index in [4.69, 9.17) is 5.11 Å². The molecule has 5 heteroatoms. The minimum atomic E-state index is -0.761. The standard InChI is InChI=1S/C15H24N2O3/c1-3-7-17(8-4-2)14(18)12-16-9-5-6-13(11-16)10-15(19)20/h3-4,13H,1-2,5-12H2,(H,19,20). The molecule has 1 rings (SSSR count). The average molecular weight is 280 g/mol. The summed E-state index contributed by atoms with van der Waals surface area (Å²) in [5.74, 6) is -0.565. The molecular weight excluding hydrogens is 256 g/mol. The third-order valence-corrected chi connectivity index (χ3v) is 3.48. The Morgan fingerprint density at radius 1 is 1.30 bits per heavy atom. The number of carbonyl (C=O) groups excluding carboxylic acids is 1. The highest BCUT2D eigenvalue weighted by Gasteiger charge is 2.24. The fraction of sp³-hybridized carbons (Fsp3) is 0.600. The molecule has 1 N–H and O–H groups in total. The Balaban J connectivity index is 2.48. The molecule has 1 saturated heterocycles. The van der Waals surface area contributed by atoms with Gasteiger partial charge in [-0.25, -0.2) is 0 Å². The van der Waals surface area contributed by atoms with Gasteiger partial charge in [-0.3, -0.25) is 14.5 Å². The predicted molar refractivity (Wildman–Crippen MR) is 78.4 cm³/mol. The van der Waals surface area contributed by atoms with Crippen LogP contribution in [0.1, 0.15) is 19.3 Å². The SMILES string of the molecule is C=CCN(CC=C)C(=O)CN1CCCC(CC(=O)O)C1. The number of rotatable bonds is 8. The van der Waals surface area contributed by atoms with Crippen LogP contribution in [0.2, 0.25) is 0 Å². The molecule has 5 nitrogen and oxygen atoms in total. The summed E-state index contributed by atoms with van der Waals surface area (Å²) in [4.78, 5) is 26.7. The highest BCUT2D eigenvalue weighted by Crippen LogP contribution is 2.19. The van der Waals surface area contributed by atoms with Crippen LogP contribution < -0.4 is 0 Å². The number of hydrogen-bond donors (Lipinski definition) is 1. The Morgan fingerprint density at radius 3 is 2.50 bits per heavy atom. The van der Waals surface area contributed by atoms with Gasteiger partial charge in [0.15, 0.2) is 0 Å². The molecule has 0 radical (unpaired) electrons. The minimum absolute atomic E-state index is 0.0424. The zero-order valence-electron chi connectivity index (χ0n) is 12.0. The Kier molecular flexibility index (Phi) is 7.01. The van der Waals surface area contributed by atoms with Crippen molar-refractivity contribution in [2.45, 2.75) is 19.3 Å². The molecule has 0 aromatic carbocycles. The molecule has 1 atom stereocenters. The first-order valence-electron chi connectivity index (χ1n) is 7.00. The summed E-state index contributed by atoms with van der Waals surface area (Å²) < 4.78 is 0. The van der Waals surface area contributed by atoms with Crippen molar-refractivity contribution in [2.24, 2.45) is 5.92 Å². The van der Waals surface area contributed by atoms with Crippen molar-refractivity contribution in [2.75, 3.05) is 32.7 Å². The third kappa shape index (κ3) is 5.57. The van der Waals surface area contributed by atoms with Gasteiger partial charge in [-0.05, 0) is 25.3 Å². The van der Waals surface area contributed by atoms with Crippen LogP contribution in [0.4, 0.5) is 0 Å². The van der Waals surface area contributed by atoms with E-state index in [0.717, 1.165) is 19.4 Å². The second-order valence-electron chi connectivity index (χ2n) is 5.22. The topological polar surface area (TPSA) is 60.9 Å². The number of carboxylic acids is 1. The maximum absolute atomic E-state index is 12.2. The lowest BCUT2D eigenvalue weighted by Gasteiger charge is -2.33. The third-order valence-electron chi connectivity index (χ3n) is 3.48. The van der Waals surface area contributed by atoms with Crippen LogP contribution in [-0.4, -0.2) is 59.5 Å². The van der Waals surface area contributed by atoms with Crippen molar-refractivity contribution in [1.82, 2.24) is 9.80 Å². The monoisotopic (exact) mass is 280 g/mol. The number of likely N-dealkylation sites (tertiary alicyclic amines) is 1. The zero-order chi connectivity index (χ0) is 15.0. The van der Waals surface area contributed by atoms with Crippen LogP contribution in [0.15, 0.2) is 25.3 Å². The molecule has 20 heavy (non-hydrogen) atoms. The van der Waals surface area contributed by atoms with Crippen LogP contribution in [-0.2, 0) is 9.59 Å². The van der Waals surface area contributed by atoms with Gasteiger partial charge in [-0.2, -0.15) is 0 Å². The minimum Gasteiger partial charge on any atom is -0.481 e. The number of carbonyl (C=O) groups is 2. The van der Waals surface area contributed by atoms with Crippen molar-refractivity contribution in [3.8, 4) is 0 Å². The number of piperidine rings is 1. The van der Waals surface area contributed by atoms with E-state index in [1.807, 2.05) is 0 Å². The van der Waals surface area contributed by atoms with E-state index in [0.29, 0.717) is 26.2 Å². The second-order valence-corrected chi connectivity index (χ2v) is 5.22. The highest BCUT2D eigenvalue weighted by molar-refractivity contribution is 5.78. The molecule has 1 aliphatic heterocycles. The first kappa shape index (κ1) is 16.4. The summed E-state index contributed by atoms with van der Waals surface area (Å²) >= 11 is 0. The van der Waals surface area contributed by atoms with Gasteiger partial charge in [0.2, 0.25) is 5.91 Å². The molecule has 1 amide bonds. The second kappa shape index (κ2) is 8.53. The number of aliphatic carboxylic acids is 1. The fourth-order valence-electron chi connectivity index (χ4n) is 2.59. The molecule has 0 aromatic rings. The number of amides is 1. The van der Waals surface area contributed by atoms with Gasteiger partial charge in [-0.15, -0.1) is 13.2 Å². The van der Waals surface area contributed by atoms with Crippen LogP contribution >= 0.6 is 0 Å². The molecule has 1 fully saturated rings. The summed E-state index contributed by atoms with van der Waals surface area (Å²) in [5.41, 5.74) is 0. The van der Waals surface area contributed by atoms with E-state index >= 15 is 0 Å². The molecule has 1 unspecified atom stereocenters. The van der Waals surface area contributed by atoms with Crippen LogP contribution in [0.5, 0.6) is 0 Å². The van der Waals surface area contributed by atoms with Crippen molar-refractivity contribution >= 4 is 11.9 Å². The molecule has 112 valence electrons. The maximum atomic E-state index is 12.2. The molecular formula is C15H24N2O3. The van der Waals surface area contributed by atoms with Crippen LogP contribution in [0.25, 0.3) is 0 Å². The molecule has 1 heterocycles. The normalized spacial score (nSPS) is 19.3. The first-order valence-corrected chi connectivity index (χ1v) is 7.00. The quantitative estimate of drug-likeness (QED) is 0.682. The molecule has 0 saturated carbocycles. The van der Waals surface area contributed by atoms with Crippen LogP contribution in [0.3, 0.4) is 0 Å². The van der Waals surface area contributed by atoms with E-state index < -0.39 is 5.97 Å². The Bertz CT molecular complexity index is 358. The largest absolute Gasteiger partial charge is 0.481 e. The smallest absolute Gasteiger partial charge is 0.303 e. The highest BCUT2D eigenvalue weighted by atomic mass is 16.4. The van der Waals surface area contributed by atoms with Gasteiger partial charge in [-0.1, -0.05) is 12.2 Å². The van der Waals surface area contributed by atoms with Crippen LogP contribution in [0, 0.1) is 5.92 Å². The summed E-state index contributed by atoms with van der Waals surface area (Å²) in [7, 11) is 0. The van der Waals surface area contributed by atoms with Crippen molar-refractivity contribution in [3.05, 3.63) is 25.3 Å². The van der Waals surface area contributed by atoms with Gasteiger partial charge >= 0.3 is 5.97 Å². The summed E-state index contributed by atoms with van der Waals surface area (Å²) in [5, 5.41) is 8.85. The molecule has 0 aliphatic carbocycles. The van der Waals surface area contributed by atoms with Crippen molar-refractivity contribution in [3.63, 3.8) is 0 Å². The number of hydrogen-bond acceptors (Lipinski definition) is 3. The number of nitrogens with zero attached hydrogens (tertiary/aromatic N) is 2. The van der Waals surface area contributed by atoms with Gasteiger partial charge in [0.25, 0.3) is 0 Å². The fourth-order valence-corrected chi connectivity index (χ4v) is 2.59. The lowest BCUT2D eigenvalue weighted by atomic mass is 9.95. The molecule has 0 spiro atoms. The Hall–Kier alpha value is -1.62.